The number of amides is 1. The van der Waals surface area contributed by atoms with E-state index in [1.807, 2.05) is 6.92 Å². The third-order valence-electron chi connectivity index (χ3n) is 4.58. The number of benzene rings is 1. The first kappa shape index (κ1) is 20.6. The highest BCUT2D eigenvalue weighted by molar-refractivity contribution is 7.99. The number of alkyl halides is 3. The van der Waals surface area contributed by atoms with Gasteiger partial charge in [-0.2, -0.15) is 13.2 Å². The zero-order valence-corrected chi connectivity index (χ0v) is 16.0. The smallest absolute Gasteiger partial charge is 0.339 e. The van der Waals surface area contributed by atoms with Crippen LogP contribution in [0.4, 0.5) is 17.6 Å². The van der Waals surface area contributed by atoms with Gasteiger partial charge in [0.25, 0.3) is 0 Å². The molecule has 1 atom stereocenters. The lowest BCUT2D eigenvalue weighted by atomic mass is 10.0. The molecule has 0 unspecified atom stereocenters. The molecule has 1 aromatic carbocycles. The molecule has 0 N–H and O–H groups in total. The molecule has 28 heavy (non-hydrogen) atoms. The number of hydrogen-bond acceptors (Lipinski definition) is 4. The van der Waals surface area contributed by atoms with E-state index in [0.717, 1.165) is 49.2 Å². The number of carbonyl (C=O) groups is 1. The maximum absolute atomic E-state index is 13.2. The summed E-state index contributed by atoms with van der Waals surface area (Å²) in [7, 11) is 0. The monoisotopic (exact) mass is 413 g/mol. The molecule has 0 spiro atoms. The Bertz CT molecular complexity index is 842. The van der Waals surface area contributed by atoms with E-state index in [1.54, 1.807) is 4.90 Å². The highest BCUT2D eigenvalue weighted by Crippen LogP contribution is 2.32. The standard InChI is InChI=1S/C19H19F4N3OS/c1-12-4-2-3-9-26(12)17(27)11-28-18-24-15(10-16(25-18)19(21,22)23)13-5-7-14(20)8-6-13/h5-8,10,12H,2-4,9,11H2,1H3/t12-/m0/s1. The summed E-state index contributed by atoms with van der Waals surface area (Å²) in [6, 6.07) is 5.96. The summed E-state index contributed by atoms with van der Waals surface area (Å²) in [6.45, 7) is 2.62. The summed E-state index contributed by atoms with van der Waals surface area (Å²) >= 11 is 0.879. The van der Waals surface area contributed by atoms with Gasteiger partial charge < -0.3 is 4.90 Å². The van der Waals surface area contributed by atoms with Crippen LogP contribution in [-0.2, 0) is 11.0 Å². The van der Waals surface area contributed by atoms with E-state index in [1.165, 1.54) is 12.1 Å². The first-order valence-electron chi connectivity index (χ1n) is 8.88. The Balaban J connectivity index is 1.82. The Hall–Kier alpha value is -2.16. The van der Waals surface area contributed by atoms with E-state index in [0.29, 0.717) is 12.1 Å². The van der Waals surface area contributed by atoms with Gasteiger partial charge in [0.1, 0.15) is 11.5 Å². The molecule has 2 aromatic rings. The molecule has 0 bridgehead atoms. The number of carbonyl (C=O) groups excluding carboxylic acids is 1. The number of nitrogens with zero attached hydrogens (tertiary/aromatic N) is 3. The van der Waals surface area contributed by atoms with E-state index in [2.05, 4.69) is 9.97 Å². The number of halogens is 4. The summed E-state index contributed by atoms with van der Waals surface area (Å²) in [4.78, 5) is 21.9. The zero-order valence-electron chi connectivity index (χ0n) is 15.2. The van der Waals surface area contributed by atoms with Crippen molar-refractivity contribution < 1.29 is 22.4 Å². The molecule has 1 saturated heterocycles. The minimum Gasteiger partial charge on any atom is -0.339 e. The fourth-order valence-corrected chi connectivity index (χ4v) is 3.83. The zero-order chi connectivity index (χ0) is 20.3. The number of likely N-dealkylation sites (tertiary alicyclic amines) is 1. The largest absolute Gasteiger partial charge is 0.433 e. The molecule has 9 heteroatoms. The third kappa shape index (κ3) is 5.01. The van der Waals surface area contributed by atoms with Gasteiger partial charge in [-0.25, -0.2) is 14.4 Å². The fourth-order valence-electron chi connectivity index (χ4n) is 3.08. The van der Waals surface area contributed by atoms with Crippen molar-refractivity contribution in [1.82, 2.24) is 14.9 Å². The molecule has 1 amide bonds. The molecular weight excluding hydrogens is 394 g/mol. The molecule has 1 fully saturated rings. The molecule has 4 nitrogen and oxygen atoms in total. The van der Waals surface area contributed by atoms with Crippen molar-refractivity contribution in [2.24, 2.45) is 0 Å². The number of rotatable bonds is 4. The normalized spacial score (nSPS) is 17.6. The van der Waals surface area contributed by atoms with Crippen LogP contribution in [0.3, 0.4) is 0 Å². The van der Waals surface area contributed by atoms with Gasteiger partial charge in [0.05, 0.1) is 11.4 Å². The highest BCUT2D eigenvalue weighted by Gasteiger charge is 2.34. The van der Waals surface area contributed by atoms with Crippen molar-refractivity contribution in [2.75, 3.05) is 12.3 Å². The second-order valence-electron chi connectivity index (χ2n) is 6.65. The second-order valence-corrected chi connectivity index (χ2v) is 7.59. The van der Waals surface area contributed by atoms with Crippen LogP contribution in [0.1, 0.15) is 31.9 Å². The summed E-state index contributed by atoms with van der Waals surface area (Å²) < 4.78 is 52.8. The first-order chi connectivity index (χ1) is 13.2. The minimum absolute atomic E-state index is 0.0311. The van der Waals surface area contributed by atoms with Gasteiger partial charge in [0, 0.05) is 18.2 Å². The Morgan fingerprint density at radius 3 is 2.57 bits per heavy atom. The van der Waals surface area contributed by atoms with Gasteiger partial charge in [-0.05, 0) is 56.5 Å². The minimum atomic E-state index is -4.65. The Morgan fingerprint density at radius 2 is 1.93 bits per heavy atom. The van der Waals surface area contributed by atoms with Gasteiger partial charge in [0.15, 0.2) is 5.16 Å². The number of piperidine rings is 1. The Kier molecular flexibility index (Phi) is 6.22. The van der Waals surface area contributed by atoms with E-state index in [-0.39, 0.29) is 28.6 Å². The van der Waals surface area contributed by atoms with Crippen LogP contribution in [0, 0.1) is 5.82 Å². The predicted octanol–water partition coefficient (Wildman–Crippen LogP) is 4.79. The van der Waals surface area contributed by atoms with Crippen LogP contribution in [0.2, 0.25) is 0 Å². The molecule has 3 rings (SSSR count). The van der Waals surface area contributed by atoms with Crippen molar-refractivity contribution in [3.05, 3.63) is 41.8 Å². The van der Waals surface area contributed by atoms with E-state index < -0.39 is 17.7 Å². The first-order valence-corrected chi connectivity index (χ1v) is 9.87. The van der Waals surface area contributed by atoms with Gasteiger partial charge >= 0.3 is 6.18 Å². The fraction of sp³-hybridized carbons (Fsp3) is 0.421. The maximum atomic E-state index is 13.2. The molecule has 1 aromatic heterocycles. The molecule has 1 aliphatic rings. The van der Waals surface area contributed by atoms with Crippen LogP contribution >= 0.6 is 11.8 Å². The van der Waals surface area contributed by atoms with Crippen LogP contribution < -0.4 is 0 Å². The molecule has 2 heterocycles. The average molecular weight is 413 g/mol. The van der Waals surface area contributed by atoms with Crippen molar-refractivity contribution in [2.45, 2.75) is 43.6 Å². The van der Waals surface area contributed by atoms with Gasteiger partial charge in [0.2, 0.25) is 5.91 Å². The molecule has 150 valence electrons. The van der Waals surface area contributed by atoms with Crippen LogP contribution in [0.25, 0.3) is 11.3 Å². The summed E-state index contributed by atoms with van der Waals surface area (Å²) in [6.07, 6.45) is -1.74. The molecule has 0 saturated carbocycles. The van der Waals surface area contributed by atoms with Crippen molar-refractivity contribution >= 4 is 17.7 Å². The van der Waals surface area contributed by atoms with Crippen molar-refractivity contribution in [3.8, 4) is 11.3 Å². The molecular formula is C19H19F4N3OS. The summed E-state index contributed by atoms with van der Waals surface area (Å²) in [5.41, 5.74) is -0.723. The SMILES string of the molecule is C[C@H]1CCCCN1C(=O)CSc1nc(-c2ccc(F)cc2)cc(C(F)(F)F)n1. The van der Waals surface area contributed by atoms with E-state index in [4.69, 9.17) is 0 Å². The van der Waals surface area contributed by atoms with Gasteiger partial charge in [-0.1, -0.05) is 11.8 Å². The third-order valence-corrected chi connectivity index (χ3v) is 5.42. The molecule has 0 aliphatic carbocycles. The average Bonchev–Trinajstić information content (AvgIpc) is 2.66. The number of thioether (sulfide) groups is 1. The number of hydrogen-bond donors (Lipinski definition) is 0. The predicted molar refractivity (Wildman–Crippen MR) is 98.2 cm³/mol. The number of aromatic nitrogens is 2. The lowest BCUT2D eigenvalue weighted by Crippen LogP contribution is -2.42. The topological polar surface area (TPSA) is 46.1 Å². The van der Waals surface area contributed by atoms with E-state index >= 15 is 0 Å². The van der Waals surface area contributed by atoms with Crippen LogP contribution in [-0.4, -0.2) is 39.1 Å². The lowest BCUT2D eigenvalue weighted by Gasteiger charge is -2.33. The van der Waals surface area contributed by atoms with Crippen LogP contribution in [0.5, 0.6) is 0 Å². The molecule has 0 radical (unpaired) electrons. The van der Waals surface area contributed by atoms with Crippen molar-refractivity contribution in [3.63, 3.8) is 0 Å². The second kappa shape index (κ2) is 8.46. The van der Waals surface area contributed by atoms with Gasteiger partial charge in [-0.3, -0.25) is 4.79 Å². The molecule has 1 aliphatic heterocycles. The van der Waals surface area contributed by atoms with Crippen LogP contribution in [0.15, 0.2) is 35.5 Å². The quantitative estimate of drug-likeness (QED) is 0.411. The highest BCUT2D eigenvalue weighted by atomic mass is 32.2. The Morgan fingerprint density at radius 1 is 1.21 bits per heavy atom. The maximum Gasteiger partial charge on any atom is 0.433 e. The summed E-state index contributed by atoms with van der Waals surface area (Å²) in [5, 5.41) is -0.132. The van der Waals surface area contributed by atoms with Gasteiger partial charge in [-0.15, -0.1) is 0 Å². The summed E-state index contributed by atoms with van der Waals surface area (Å²) in [5.74, 6) is -0.666. The Labute approximate surface area is 164 Å². The van der Waals surface area contributed by atoms with Crippen molar-refractivity contribution in [1.29, 1.82) is 0 Å². The van der Waals surface area contributed by atoms with E-state index in [9.17, 15) is 22.4 Å². The lowest BCUT2D eigenvalue weighted by molar-refractivity contribution is -0.141.